The average molecular weight is 303 g/mol. The molecule has 0 aromatic carbocycles. The minimum absolute atomic E-state index is 0.190. The first-order valence-corrected chi connectivity index (χ1v) is 6.78. The first-order valence-electron chi connectivity index (χ1n) is 5.59. The SMILES string of the molecule is CC(C)(C)OC(=O)NCCNc1nc(Cl)c(C#N)s1. The second-order valence-corrected chi connectivity index (χ2v) is 5.96. The van der Waals surface area contributed by atoms with Gasteiger partial charge >= 0.3 is 6.09 Å². The van der Waals surface area contributed by atoms with Crippen LogP contribution in [0.15, 0.2) is 0 Å². The molecule has 6 nitrogen and oxygen atoms in total. The fourth-order valence-electron chi connectivity index (χ4n) is 1.09. The maximum atomic E-state index is 11.3. The third kappa shape index (κ3) is 5.77. The van der Waals surface area contributed by atoms with Crippen LogP contribution in [0.25, 0.3) is 0 Å². The lowest BCUT2D eigenvalue weighted by Crippen LogP contribution is -2.34. The smallest absolute Gasteiger partial charge is 0.407 e. The Labute approximate surface area is 120 Å². The number of amides is 1. The van der Waals surface area contributed by atoms with Crippen molar-refractivity contribution in [3.63, 3.8) is 0 Å². The fraction of sp³-hybridized carbons (Fsp3) is 0.545. The minimum atomic E-state index is -0.512. The summed E-state index contributed by atoms with van der Waals surface area (Å²) < 4.78 is 5.08. The lowest BCUT2D eigenvalue weighted by atomic mass is 10.2. The summed E-state index contributed by atoms with van der Waals surface area (Å²) in [5, 5.41) is 15.0. The Kier molecular flexibility index (Phi) is 5.39. The van der Waals surface area contributed by atoms with E-state index < -0.39 is 11.7 Å². The van der Waals surface area contributed by atoms with Crippen molar-refractivity contribution in [1.29, 1.82) is 5.26 Å². The third-order valence-corrected chi connectivity index (χ3v) is 3.06. The van der Waals surface area contributed by atoms with E-state index in [1.54, 1.807) is 20.8 Å². The van der Waals surface area contributed by atoms with Crippen molar-refractivity contribution in [2.24, 2.45) is 0 Å². The standard InChI is InChI=1S/C11H15ClN4O2S/c1-11(2,3)18-10(17)15-5-4-14-9-16-8(12)7(6-13)19-9/h4-5H2,1-3H3,(H,14,16)(H,15,17). The van der Waals surface area contributed by atoms with Gasteiger partial charge in [0.2, 0.25) is 0 Å². The number of nitrogens with one attached hydrogen (secondary N) is 2. The van der Waals surface area contributed by atoms with Gasteiger partial charge in [0.1, 0.15) is 16.5 Å². The third-order valence-electron chi connectivity index (χ3n) is 1.76. The number of alkyl carbamates (subject to hydrolysis) is 1. The van der Waals surface area contributed by atoms with Crippen LogP contribution >= 0.6 is 22.9 Å². The molecule has 0 aliphatic carbocycles. The molecular formula is C11H15ClN4O2S. The van der Waals surface area contributed by atoms with Crippen molar-refractivity contribution in [1.82, 2.24) is 10.3 Å². The van der Waals surface area contributed by atoms with E-state index in [2.05, 4.69) is 15.6 Å². The quantitative estimate of drug-likeness (QED) is 0.835. The molecule has 2 N–H and O–H groups in total. The average Bonchev–Trinajstić information content (AvgIpc) is 2.63. The van der Waals surface area contributed by atoms with Gasteiger partial charge in [0.25, 0.3) is 0 Å². The van der Waals surface area contributed by atoms with E-state index in [1.165, 1.54) is 11.3 Å². The fourth-order valence-corrected chi connectivity index (χ4v) is 2.07. The van der Waals surface area contributed by atoms with Gasteiger partial charge < -0.3 is 15.4 Å². The number of hydrogen-bond donors (Lipinski definition) is 2. The maximum Gasteiger partial charge on any atom is 0.407 e. The maximum absolute atomic E-state index is 11.3. The lowest BCUT2D eigenvalue weighted by molar-refractivity contribution is 0.0530. The van der Waals surface area contributed by atoms with Crippen LogP contribution in [0, 0.1) is 11.3 Å². The lowest BCUT2D eigenvalue weighted by Gasteiger charge is -2.19. The highest BCUT2D eigenvalue weighted by atomic mass is 35.5. The normalized spacial score (nSPS) is 10.7. The molecule has 0 aliphatic heterocycles. The van der Waals surface area contributed by atoms with E-state index in [4.69, 9.17) is 21.6 Å². The summed E-state index contributed by atoms with van der Waals surface area (Å²) in [6.07, 6.45) is -0.468. The number of ether oxygens (including phenoxy) is 1. The van der Waals surface area contributed by atoms with Crippen LogP contribution in [-0.2, 0) is 4.74 Å². The molecule has 104 valence electrons. The predicted molar refractivity (Wildman–Crippen MR) is 74.6 cm³/mol. The summed E-state index contributed by atoms with van der Waals surface area (Å²) >= 11 is 6.90. The Morgan fingerprint density at radius 1 is 1.53 bits per heavy atom. The molecule has 0 fully saturated rings. The van der Waals surface area contributed by atoms with Gasteiger partial charge in [0.15, 0.2) is 10.3 Å². The molecule has 0 bridgehead atoms. The van der Waals surface area contributed by atoms with E-state index in [0.29, 0.717) is 23.1 Å². The molecule has 0 saturated carbocycles. The Hall–Kier alpha value is -1.52. The van der Waals surface area contributed by atoms with E-state index in [1.807, 2.05) is 6.07 Å². The highest BCUT2D eigenvalue weighted by Gasteiger charge is 2.15. The van der Waals surface area contributed by atoms with Crippen molar-refractivity contribution in [2.75, 3.05) is 18.4 Å². The molecule has 1 rings (SSSR count). The monoisotopic (exact) mass is 302 g/mol. The topological polar surface area (TPSA) is 87.0 Å². The van der Waals surface area contributed by atoms with Gasteiger partial charge in [-0.05, 0) is 20.8 Å². The van der Waals surface area contributed by atoms with Crippen molar-refractivity contribution >= 4 is 34.2 Å². The van der Waals surface area contributed by atoms with Gasteiger partial charge in [0, 0.05) is 13.1 Å². The summed E-state index contributed by atoms with van der Waals surface area (Å²) in [4.78, 5) is 15.7. The van der Waals surface area contributed by atoms with Gasteiger partial charge in [-0.15, -0.1) is 0 Å². The molecule has 1 amide bonds. The molecule has 0 saturated heterocycles. The number of hydrogen-bond acceptors (Lipinski definition) is 6. The Balaban J connectivity index is 2.28. The van der Waals surface area contributed by atoms with E-state index in [9.17, 15) is 4.79 Å². The van der Waals surface area contributed by atoms with Crippen LogP contribution in [0.4, 0.5) is 9.93 Å². The number of halogens is 1. The first-order chi connectivity index (χ1) is 8.81. The summed E-state index contributed by atoms with van der Waals surface area (Å²) in [5.41, 5.74) is -0.512. The van der Waals surface area contributed by atoms with Crippen LogP contribution in [0.3, 0.4) is 0 Å². The molecule has 1 heterocycles. The number of carbonyl (C=O) groups is 1. The zero-order valence-corrected chi connectivity index (χ0v) is 12.5. The molecule has 0 radical (unpaired) electrons. The summed E-state index contributed by atoms with van der Waals surface area (Å²) in [6.45, 7) is 6.24. The van der Waals surface area contributed by atoms with Crippen LogP contribution < -0.4 is 10.6 Å². The molecule has 0 unspecified atom stereocenters. The first kappa shape index (κ1) is 15.5. The summed E-state index contributed by atoms with van der Waals surface area (Å²) in [6, 6.07) is 1.94. The minimum Gasteiger partial charge on any atom is -0.444 e. The largest absolute Gasteiger partial charge is 0.444 e. The second-order valence-electron chi connectivity index (χ2n) is 4.61. The number of aromatic nitrogens is 1. The van der Waals surface area contributed by atoms with Crippen molar-refractivity contribution in [2.45, 2.75) is 26.4 Å². The van der Waals surface area contributed by atoms with Gasteiger partial charge in [-0.2, -0.15) is 5.26 Å². The molecule has 1 aromatic rings. The number of nitrogens with zero attached hydrogens (tertiary/aromatic N) is 2. The number of thiazole rings is 1. The summed E-state index contributed by atoms with van der Waals surface area (Å²) in [5.74, 6) is 0. The Morgan fingerprint density at radius 3 is 2.74 bits per heavy atom. The number of nitriles is 1. The van der Waals surface area contributed by atoms with Gasteiger partial charge in [0.05, 0.1) is 0 Å². The molecule has 0 spiro atoms. The van der Waals surface area contributed by atoms with E-state index in [-0.39, 0.29) is 5.15 Å². The van der Waals surface area contributed by atoms with E-state index >= 15 is 0 Å². The predicted octanol–water partition coefficient (Wildman–Crippen LogP) is 2.60. The van der Waals surface area contributed by atoms with Crippen molar-refractivity contribution < 1.29 is 9.53 Å². The van der Waals surface area contributed by atoms with Gasteiger partial charge in [-0.3, -0.25) is 0 Å². The van der Waals surface area contributed by atoms with Crippen LogP contribution in [0.1, 0.15) is 25.6 Å². The zero-order valence-electron chi connectivity index (χ0n) is 10.9. The molecule has 1 aromatic heterocycles. The Bertz CT molecular complexity index is 490. The second kappa shape index (κ2) is 6.59. The Morgan fingerprint density at radius 2 is 2.21 bits per heavy atom. The number of anilines is 1. The highest BCUT2D eigenvalue weighted by Crippen LogP contribution is 2.25. The van der Waals surface area contributed by atoms with Crippen LogP contribution in [0.2, 0.25) is 5.15 Å². The van der Waals surface area contributed by atoms with Crippen molar-refractivity contribution in [3.05, 3.63) is 10.0 Å². The molecule has 8 heteroatoms. The highest BCUT2D eigenvalue weighted by molar-refractivity contribution is 7.16. The zero-order chi connectivity index (χ0) is 14.5. The van der Waals surface area contributed by atoms with E-state index in [0.717, 1.165) is 0 Å². The number of carbonyl (C=O) groups excluding carboxylic acids is 1. The molecular weight excluding hydrogens is 288 g/mol. The van der Waals surface area contributed by atoms with Crippen molar-refractivity contribution in [3.8, 4) is 6.07 Å². The molecule has 19 heavy (non-hydrogen) atoms. The van der Waals surface area contributed by atoms with Crippen LogP contribution in [0.5, 0.6) is 0 Å². The summed E-state index contributed by atoms with van der Waals surface area (Å²) in [7, 11) is 0. The molecule has 0 atom stereocenters. The van der Waals surface area contributed by atoms with Crippen LogP contribution in [-0.4, -0.2) is 29.8 Å². The molecule has 0 aliphatic rings. The van der Waals surface area contributed by atoms with Gasteiger partial charge in [-0.25, -0.2) is 9.78 Å². The number of rotatable bonds is 4. The van der Waals surface area contributed by atoms with Gasteiger partial charge in [-0.1, -0.05) is 22.9 Å².